The van der Waals surface area contributed by atoms with E-state index in [4.69, 9.17) is 0 Å². The van der Waals surface area contributed by atoms with Gasteiger partial charge in [-0.25, -0.2) is 13.2 Å². The number of nitrogens with one attached hydrogen (secondary N) is 4. The molecule has 0 unspecified atom stereocenters. The zero-order chi connectivity index (χ0) is 37.7. The summed E-state index contributed by atoms with van der Waals surface area (Å²) in [5, 5.41) is 11.5. The second kappa shape index (κ2) is 16.9. The lowest BCUT2D eigenvalue weighted by molar-refractivity contribution is -0.145. The number of urea groups is 1. The van der Waals surface area contributed by atoms with Crippen molar-refractivity contribution in [2.45, 2.75) is 168 Å². The van der Waals surface area contributed by atoms with Crippen molar-refractivity contribution in [3.8, 4) is 0 Å². The molecule has 4 N–H and O–H groups in total. The Morgan fingerprint density at radius 1 is 0.922 bits per heavy atom. The highest BCUT2D eigenvalue weighted by atomic mass is 32.2. The number of likely N-dealkylation sites (tertiary alicyclic amines) is 1. The molecule has 4 fully saturated rings. The molecule has 51 heavy (non-hydrogen) atoms. The summed E-state index contributed by atoms with van der Waals surface area (Å²) in [4.78, 5) is 70.0. The minimum atomic E-state index is -3.64. The molecule has 4 aliphatic rings. The SMILES string of the molecule is CCCC[C@H](NC(=O)[C@@H]1[C@@H](C(C)C)CCN1C(=O)[C@@H](NC(=O)NC1(CS(=O)(=O)N(CC)C2CC2)CCCCC1)C(C)(C)C)C(=O)C(=O)NC1CC1. The van der Waals surface area contributed by atoms with E-state index in [1.54, 1.807) is 4.31 Å². The minimum absolute atomic E-state index is 0.00226. The molecule has 3 aliphatic carbocycles. The zero-order valence-corrected chi connectivity index (χ0v) is 32.8. The predicted molar refractivity (Wildman–Crippen MR) is 196 cm³/mol. The molecule has 1 saturated heterocycles. The van der Waals surface area contributed by atoms with Crippen LogP contribution >= 0.6 is 0 Å². The van der Waals surface area contributed by atoms with Gasteiger partial charge in [0.25, 0.3) is 5.91 Å². The number of ketones is 1. The molecule has 290 valence electrons. The highest BCUT2D eigenvalue weighted by Gasteiger charge is 2.49. The molecule has 14 heteroatoms. The summed E-state index contributed by atoms with van der Waals surface area (Å²) in [7, 11) is -3.64. The van der Waals surface area contributed by atoms with E-state index in [1.807, 2.05) is 48.5 Å². The van der Waals surface area contributed by atoms with Gasteiger partial charge in [0.15, 0.2) is 0 Å². The van der Waals surface area contributed by atoms with Crippen molar-refractivity contribution in [2.75, 3.05) is 18.8 Å². The van der Waals surface area contributed by atoms with Gasteiger partial charge in [0.05, 0.1) is 17.3 Å². The summed E-state index contributed by atoms with van der Waals surface area (Å²) in [5.74, 6) is -2.61. The van der Waals surface area contributed by atoms with Gasteiger partial charge in [0, 0.05) is 25.2 Å². The van der Waals surface area contributed by atoms with E-state index in [0.717, 1.165) is 51.4 Å². The Labute approximate surface area is 305 Å². The second-order valence-electron chi connectivity index (χ2n) is 16.9. The van der Waals surface area contributed by atoms with E-state index >= 15 is 0 Å². The van der Waals surface area contributed by atoms with Crippen molar-refractivity contribution >= 4 is 39.6 Å². The fraction of sp³-hybridized carbons (Fsp3) is 0.865. The Hall–Kier alpha value is -2.74. The van der Waals surface area contributed by atoms with Gasteiger partial charge in [0.2, 0.25) is 27.6 Å². The molecule has 0 spiro atoms. The van der Waals surface area contributed by atoms with Gasteiger partial charge in [-0.3, -0.25) is 19.2 Å². The standard InChI is InChI=1S/C37H64N6O7S/c1-8-10-14-28(30(44)33(46)38-25-15-16-25)39-32(45)29-27(24(3)4)19-22-42(29)34(47)31(36(5,6)7)40-35(48)41-37(20-12-11-13-21-37)23-51(49,50)43(9-2)26-17-18-26/h24-29,31H,8-23H2,1-7H3,(H,38,46)(H,39,45)(H2,40,41,48)/t27-,28+,29+,31-/m1/s1. The van der Waals surface area contributed by atoms with Crippen LogP contribution in [0.4, 0.5) is 4.79 Å². The van der Waals surface area contributed by atoms with Crippen LogP contribution in [0, 0.1) is 17.3 Å². The van der Waals surface area contributed by atoms with Crippen LogP contribution in [-0.4, -0.2) is 102 Å². The molecular formula is C37H64N6O7S. The lowest BCUT2D eigenvalue weighted by Crippen LogP contribution is -2.64. The summed E-state index contributed by atoms with van der Waals surface area (Å²) >= 11 is 0. The smallest absolute Gasteiger partial charge is 0.315 e. The Morgan fingerprint density at radius 2 is 1.57 bits per heavy atom. The van der Waals surface area contributed by atoms with Gasteiger partial charge in [-0.15, -0.1) is 0 Å². The zero-order valence-electron chi connectivity index (χ0n) is 32.0. The van der Waals surface area contributed by atoms with Crippen LogP contribution in [0.3, 0.4) is 0 Å². The van der Waals surface area contributed by atoms with Gasteiger partial charge < -0.3 is 26.2 Å². The molecule has 3 saturated carbocycles. The van der Waals surface area contributed by atoms with Gasteiger partial charge in [-0.05, 0) is 68.6 Å². The summed E-state index contributed by atoms with van der Waals surface area (Å²) < 4.78 is 28.8. The Kier molecular flexibility index (Phi) is 13.6. The Balaban J connectivity index is 1.53. The average Bonchev–Trinajstić information content (AvgIpc) is 3.99. The van der Waals surface area contributed by atoms with Gasteiger partial charge in [-0.1, -0.05) is 80.6 Å². The first-order valence-corrected chi connectivity index (χ1v) is 21.1. The average molecular weight is 737 g/mol. The third-order valence-electron chi connectivity index (χ3n) is 11.1. The van der Waals surface area contributed by atoms with E-state index in [-0.39, 0.29) is 29.7 Å². The number of carbonyl (C=O) groups is 5. The van der Waals surface area contributed by atoms with Crippen LogP contribution in [0.5, 0.6) is 0 Å². The lowest BCUT2D eigenvalue weighted by Gasteiger charge is -2.41. The van der Waals surface area contributed by atoms with Crippen LogP contribution in [0.25, 0.3) is 0 Å². The van der Waals surface area contributed by atoms with E-state index in [9.17, 15) is 32.4 Å². The van der Waals surface area contributed by atoms with Crippen LogP contribution in [0.2, 0.25) is 0 Å². The summed E-state index contributed by atoms with van der Waals surface area (Å²) in [6, 6.07) is -3.51. The molecule has 4 atom stereocenters. The second-order valence-corrected chi connectivity index (χ2v) is 18.8. The highest BCUT2D eigenvalue weighted by Crippen LogP contribution is 2.36. The number of nitrogens with zero attached hydrogens (tertiary/aromatic N) is 2. The Bertz CT molecular complexity index is 1380. The maximum absolute atomic E-state index is 14.5. The first kappa shape index (κ1) is 41.0. The minimum Gasteiger partial charge on any atom is -0.347 e. The van der Waals surface area contributed by atoms with E-state index in [1.165, 1.54) is 4.90 Å². The fourth-order valence-electron chi connectivity index (χ4n) is 7.91. The molecule has 1 heterocycles. The number of sulfonamides is 1. The van der Waals surface area contributed by atoms with Crippen molar-refractivity contribution < 1.29 is 32.4 Å². The van der Waals surface area contributed by atoms with Crippen LogP contribution < -0.4 is 21.3 Å². The number of hydrogen-bond donors (Lipinski definition) is 4. The topological polar surface area (TPSA) is 174 Å². The molecule has 5 amide bonds. The van der Waals surface area contributed by atoms with Crippen molar-refractivity contribution in [1.82, 2.24) is 30.5 Å². The van der Waals surface area contributed by atoms with Crippen molar-refractivity contribution in [2.24, 2.45) is 17.3 Å². The van der Waals surface area contributed by atoms with Crippen LogP contribution in [0.1, 0.15) is 132 Å². The molecule has 0 radical (unpaired) electrons. The normalized spacial score (nSPS) is 23.4. The number of hydrogen-bond acceptors (Lipinski definition) is 7. The van der Waals surface area contributed by atoms with E-state index < -0.39 is 68.6 Å². The largest absolute Gasteiger partial charge is 0.347 e. The molecule has 1 aliphatic heterocycles. The monoisotopic (exact) mass is 736 g/mol. The van der Waals surface area contributed by atoms with Gasteiger partial charge in [-0.2, -0.15) is 4.31 Å². The van der Waals surface area contributed by atoms with Gasteiger partial charge >= 0.3 is 6.03 Å². The number of Topliss-reactive ketones (excluding diaryl/α,β-unsaturated/α-hetero) is 1. The third kappa shape index (κ3) is 10.7. The third-order valence-corrected chi connectivity index (χ3v) is 13.3. The molecule has 4 rings (SSSR count). The quantitative estimate of drug-likeness (QED) is 0.165. The maximum Gasteiger partial charge on any atom is 0.315 e. The highest BCUT2D eigenvalue weighted by molar-refractivity contribution is 7.89. The number of carbonyl (C=O) groups excluding carboxylic acids is 5. The molecule has 0 bridgehead atoms. The molecule has 0 aromatic carbocycles. The number of rotatable bonds is 17. The van der Waals surface area contributed by atoms with Crippen molar-refractivity contribution in [3.05, 3.63) is 0 Å². The molecule has 0 aromatic heterocycles. The molecule has 0 aromatic rings. The van der Waals surface area contributed by atoms with Crippen LogP contribution in [0.15, 0.2) is 0 Å². The first-order chi connectivity index (χ1) is 23.9. The lowest BCUT2D eigenvalue weighted by atomic mass is 9.83. The number of amides is 5. The van der Waals surface area contributed by atoms with E-state index in [0.29, 0.717) is 45.2 Å². The van der Waals surface area contributed by atoms with Crippen molar-refractivity contribution in [1.29, 1.82) is 0 Å². The van der Waals surface area contributed by atoms with Gasteiger partial charge in [0.1, 0.15) is 12.1 Å². The molecule has 13 nitrogen and oxygen atoms in total. The van der Waals surface area contributed by atoms with Crippen LogP contribution in [-0.2, 0) is 29.2 Å². The van der Waals surface area contributed by atoms with E-state index in [2.05, 4.69) is 21.3 Å². The van der Waals surface area contributed by atoms with Crippen molar-refractivity contribution in [3.63, 3.8) is 0 Å². The predicted octanol–water partition coefficient (Wildman–Crippen LogP) is 3.61. The summed E-state index contributed by atoms with van der Waals surface area (Å²) in [6.07, 6.45) is 9.24. The maximum atomic E-state index is 14.5. The first-order valence-electron chi connectivity index (χ1n) is 19.5. The fourth-order valence-corrected chi connectivity index (χ4v) is 10.2. The summed E-state index contributed by atoms with van der Waals surface area (Å²) in [6.45, 7) is 14.0. The summed E-state index contributed by atoms with van der Waals surface area (Å²) in [5.41, 5.74) is -1.72. The number of unbranched alkanes of at least 4 members (excludes halogenated alkanes) is 1. The Morgan fingerprint density at radius 3 is 2.10 bits per heavy atom. The molecular weight excluding hydrogens is 673 g/mol.